The van der Waals surface area contributed by atoms with E-state index in [2.05, 4.69) is 5.32 Å². The summed E-state index contributed by atoms with van der Waals surface area (Å²) in [5.41, 5.74) is 5.85. The average Bonchev–Trinajstić information content (AvgIpc) is 2.51. The van der Waals surface area contributed by atoms with Gasteiger partial charge in [-0.05, 0) is 23.6 Å². The van der Waals surface area contributed by atoms with Gasteiger partial charge in [-0.2, -0.15) is 0 Å². The molecule has 8 nitrogen and oxygen atoms in total. The van der Waals surface area contributed by atoms with Gasteiger partial charge in [0.25, 0.3) is 0 Å². The summed E-state index contributed by atoms with van der Waals surface area (Å²) in [6.07, 6.45) is 0.187. The zero-order valence-electron chi connectivity index (χ0n) is 13.9. The van der Waals surface area contributed by atoms with Gasteiger partial charge in [-0.25, -0.2) is 4.79 Å². The van der Waals surface area contributed by atoms with Gasteiger partial charge in [-0.15, -0.1) is 0 Å². The first-order chi connectivity index (χ1) is 11.6. The highest BCUT2D eigenvalue weighted by atomic mass is 31.2. The second kappa shape index (κ2) is 7.49. The maximum Gasteiger partial charge on any atom is 0.336 e. The molecule has 1 unspecified atom stereocenters. The number of rotatable bonds is 6. The van der Waals surface area contributed by atoms with E-state index in [-0.39, 0.29) is 23.0 Å². The zero-order valence-corrected chi connectivity index (χ0v) is 14.8. The molecule has 5 N–H and O–H groups in total. The molecule has 0 spiro atoms. The van der Waals surface area contributed by atoms with Crippen molar-refractivity contribution in [3.63, 3.8) is 0 Å². The Labute approximate surface area is 144 Å². The summed E-state index contributed by atoms with van der Waals surface area (Å²) in [4.78, 5) is 42.0. The fourth-order valence-corrected chi connectivity index (χ4v) is 3.10. The van der Waals surface area contributed by atoms with Crippen molar-refractivity contribution in [3.8, 4) is 0 Å². The van der Waals surface area contributed by atoms with Crippen LogP contribution in [0.1, 0.15) is 25.8 Å². The van der Waals surface area contributed by atoms with E-state index in [4.69, 9.17) is 19.9 Å². The molecule has 0 fully saturated rings. The van der Waals surface area contributed by atoms with Crippen LogP contribution in [0.5, 0.6) is 0 Å². The van der Waals surface area contributed by atoms with E-state index in [1.54, 1.807) is 6.07 Å². The third-order valence-electron chi connectivity index (χ3n) is 4.03. The summed E-state index contributed by atoms with van der Waals surface area (Å²) in [6.45, 7) is 3.81. The summed E-state index contributed by atoms with van der Waals surface area (Å²) in [5.74, 6) is -0.351. The third kappa shape index (κ3) is 4.99. The van der Waals surface area contributed by atoms with Gasteiger partial charge in [0.1, 0.15) is 5.58 Å². The van der Waals surface area contributed by atoms with Crippen LogP contribution in [0.3, 0.4) is 0 Å². The van der Waals surface area contributed by atoms with Crippen LogP contribution in [-0.2, 0) is 15.5 Å². The zero-order chi connectivity index (χ0) is 18.8. The largest absolute Gasteiger partial charge is 0.423 e. The summed E-state index contributed by atoms with van der Waals surface area (Å²) < 4.78 is 16.3. The first-order valence-corrected chi connectivity index (χ1v) is 9.58. The van der Waals surface area contributed by atoms with Crippen LogP contribution in [0, 0.1) is 5.92 Å². The molecule has 0 saturated heterocycles. The first-order valence-electron chi connectivity index (χ1n) is 7.78. The van der Waals surface area contributed by atoms with Crippen LogP contribution in [0.2, 0.25) is 0 Å². The Kier molecular flexibility index (Phi) is 5.80. The van der Waals surface area contributed by atoms with Gasteiger partial charge >= 0.3 is 13.2 Å². The van der Waals surface area contributed by atoms with E-state index >= 15 is 0 Å². The minimum absolute atomic E-state index is 0.00763. The van der Waals surface area contributed by atoms with Gasteiger partial charge in [0.2, 0.25) is 5.91 Å². The van der Waals surface area contributed by atoms with Crippen molar-refractivity contribution >= 4 is 30.2 Å². The number of carbonyl (C=O) groups excluding carboxylic acids is 1. The van der Waals surface area contributed by atoms with E-state index in [0.717, 1.165) is 12.5 Å². The van der Waals surface area contributed by atoms with Crippen LogP contribution in [0.25, 0.3) is 11.0 Å². The number of amides is 1. The highest BCUT2D eigenvalue weighted by Gasteiger charge is 2.21. The molecule has 0 aliphatic carbocycles. The molecule has 2 aromatic rings. The maximum absolute atomic E-state index is 12.1. The molecule has 0 aliphatic heterocycles. The monoisotopic (exact) mass is 368 g/mol. The van der Waals surface area contributed by atoms with Crippen LogP contribution < -0.4 is 16.7 Å². The molecule has 1 amide bonds. The average molecular weight is 368 g/mol. The number of nitrogens with two attached hydrogens (primary N) is 1. The van der Waals surface area contributed by atoms with Gasteiger partial charge in [-0.1, -0.05) is 20.3 Å². The van der Waals surface area contributed by atoms with Gasteiger partial charge in [0.05, 0.1) is 12.2 Å². The quantitative estimate of drug-likeness (QED) is 0.449. The maximum atomic E-state index is 12.1. The summed E-state index contributed by atoms with van der Waals surface area (Å²) in [6, 6.07) is 4.91. The number of benzene rings is 1. The molecular weight excluding hydrogens is 347 g/mol. The fourth-order valence-electron chi connectivity index (χ4n) is 2.40. The molecule has 9 heteroatoms. The van der Waals surface area contributed by atoms with Crippen molar-refractivity contribution in [2.24, 2.45) is 11.7 Å². The normalized spacial score (nSPS) is 14.3. The number of anilines is 1. The molecule has 0 aliphatic rings. The predicted octanol–water partition coefficient (Wildman–Crippen LogP) is 1.78. The smallest absolute Gasteiger partial charge is 0.336 e. The van der Waals surface area contributed by atoms with Gasteiger partial charge < -0.3 is 25.3 Å². The van der Waals surface area contributed by atoms with Crippen LogP contribution in [0.15, 0.2) is 33.5 Å². The number of hydrogen-bond donors (Lipinski definition) is 4. The van der Waals surface area contributed by atoms with Crippen molar-refractivity contribution in [2.75, 3.05) is 5.32 Å². The van der Waals surface area contributed by atoms with E-state index < -0.39 is 25.4 Å². The van der Waals surface area contributed by atoms with Crippen molar-refractivity contribution in [2.45, 2.75) is 32.5 Å². The Balaban J connectivity index is 2.35. The molecule has 1 aromatic heterocycles. The molecule has 0 saturated carbocycles. The van der Waals surface area contributed by atoms with Crippen LogP contribution >= 0.6 is 7.60 Å². The number of fused-ring (bicyclic) bond motifs is 1. The Morgan fingerprint density at radius 1 is 1.36 bits per heavy atom. The summed E-state index contributed by atoms with van der Waals surface area (Å²) in [5, 5.41) is 3.05. The second-order valence-corrected chi connectivity index (χ2v) is 7.67. The summed E-state index contributed by atoms with van der Waals surface area (Å²) in [7, 11) is -4.34. The summed E-state index contributed by atoms with van der Waals surface area (Å²) >= 11 is 0. The second-order valence-electron chi connectivity index (χ2n) is 6.02. The predicted molar refractivity (Wildman–Crippen MR) is 94.3 cm³/mol. The SMILES string of the molecule is CCC(C)[C@H](N)C(=O)Nc1ccc2c(CP(=O)(O)O)cc(=O)oc2c1. The highest BCUT2D eigenvalue weighted by molar-refractivity contribution is 7.50. The third-order valence-corrected chi connectivity index (χ3v) is 4.79. The molecule has 136 valence electrons. The highest BCUT2D eigenvalue weighted by Crippen LogP contribution is 2.40. The molecule has 2 rings (SSSR count). The van der Waals surface area contributed by atoms with Crippen molar-refractivity contribution in [1.82, 2.24) is 0 Å². The Morgan fingerprint density at radius 2 is 2.04 bits per heavy atom. The molecule has 2 atom stereocenters. The lowest BCUT2D eigenvalue weighted by Gasteiger charge is -2.17. The first kappa shape index (κ1) is 19.3. The fraction of sp³-hybridized carbons (Fsp3) is 0.375. The minimum atomic E-state index is -4.34. The van der Waals surface area contributed by atoms with Crippen LogP contribution in [0.4, 0.5) is 5.69 Å². The Bertz CT molecular complexity index is 888. The molecule has 0 bridgehead atoms. The number of hydrogen-bond acceptors (Lipinski definition) is 5. The molecule has 0 radical (unpaired) electrons. The van der Waals surface area contributed by atoms with E-state index in [9.17, 15) is 14.2 Å². The lowest BCUT2D eigenvalue weighted by Crippen LogP contribution is -2.40. The van der Waals surface area contributed by atoms with Gasteiger partial charge in [0.15, 0.2) is 0 Å². The Hall–Kier alpha value is -1.99. The topological polar surface area (TPSA) is 143 Å². The van der Waals surface area contributed by atoms with E-state index in [1.807, 2.05) is 13.8 Å². The molecule has 1 aromatic carbocycles. The van der Waals surface area contributed by atoms with Crippen molar-refractivity contribution in [3.05, 3.63) is 40.2 Å². The molecule has 1 heterocycles. The van der Waals surface area contributed by atoms with Crippen LogP contribution in [-0.4, -0.2) is 21.7 Å². The standard InChI is InChI=1S/C16H21N2O6P/c1-3-9(2)15(17)16(20)18-11-4-5-12-10(8-25(21,22)23)6-14(19)24-13(12)7-11/h4-7,9,15H,3,8,17H2,1-2H3,(H,18,20)(H2,21,22,23)/t9?,15-/m0/s1. The van der Waals surface area contributed by atoms with E-state index in [0.29, 0.717) is 11.1 Å². The minimum Gasteiger partial charge on any atom is -0.423 e. The number of carbonyl (C=O) groups is 1. The number of nitrogens with one attached hydrogen (secondary N) is 1. The lowest BCUT2D eigenvalue weighted by molar-refractivity contribution is -0.118. The van der Waals surface area contributed by atoms with Crippen molar-refractivity contribution in [1.29, 1.82) is 0 Å². The molecular formula is C16H21N2O6P. The Morgan fingerprint density at radius 3 is 2.64 bits per heavy atom. The lowest BCUT2D eigenvalue weighted by atomic mass is 9.99. The van der Waals surface area contributed by atoms with Gasteiger partial charge in [0, 0.05) is 23.2 Å². The van der Waals surface area contributed by atoms with Crippen molar-refractivity contribution < 1.29 is 23.6 Å². The van der Waals surface area contributed by atoms with Gasteiger partial charge in [-0.3, -0.25) is 9.36 Å². The van der Waals surface area contributed by atoms with E-state index in [1.165, 1.54) is 12.1 Å². The molecule has 25 heavy (non-hydrogen) atoms.